The second-order valence-corrected chi connectivity index (χ2v) is 5.15. The molecule has 0 aliphatic rings. The molecule has 0 amide bonds. The largest absolute Gasteiger partial charge is 0.493 e. The first-order valence-corrected chi connectivity index (χ1v) is 6.99. The number of benzene rings is 2. The van der Waals surface area contributed by atoms with E-state index in [9.17, 15) is 4.79 Å². The summed E-state index contributed by atoms with van der Waals surface area (Å²) < 4.78 is 16.9. The molecule has 0 atom stereocenters. The van der Waals surface area contributed by atoms with E-state index >= 15 is 0 Å². The predicted octanol–water partition coefficient (Wildman–Crippen LogP) is 3.95. The molecule has 0 saturated carbocycles. The normalized spacial score (nSPS) is 10.1. The first kappa shape index (κ1) is 15.4. The van der Waals surface area contributed by atoms with E-state index in [1.165, 1.54) is 14.2 Å². The lowest BCUT2D eigenvalue weighted by molar-refractivity contribution is 0.112. The van der Waals surface area contributed by atoms with E-state index < -0.39 is 0 Å². The Morgan fingerprint density at radius 1 is 0.952 bits per heavy atom. The van der Waals surface area contributed by atoms with E-state index in [1.54, 1.807) is 13.2 Å². The van der Waals surface area contributed by atoms with E-state index in [0.29, 0.717) is 22.8 Å². The molecule has 110 valence electrons. The third-order valence-electron chi connectivity index (χ3n) is 3.14. The van der Waals surface area contributed by atoms with Crippen LogP contribution in [0.4, 0.5) is 0 Å². The molecule has 21 heavy (non-hydrogen) atoms. The van der Waals surface area contributed by atoms with E-state index in [4.69, 9.17) is 14.2 Å². The Balaban J connectivity index is 2.75. The molecule has 0 aliphatic heterocycles. The number of halogens is 1. The fourth-order valence-corrected chi connectivity index (χ4v) is 2.43. The second kappa shape index (κ2) is 6.63. The zero-order chi connectivity index (χ0) is 15.4. The smallest absolute Gasteiger partial charge is 0.204 e. The van der Waals surface area contributed by atoms with Crippen molar-refractivity contribution in [3.63, 3.8) is 0 Å². The van der Waals surface area contributed by atoms with Gasteiger partial charge in [0.1, 0.15) is 0 Å². The monoisotopic (exact) mass is 350 g/mol. The Morgan fingerprint density at radius 3 is 2.05 bits per heavy atom. The van der Waals surface area contributed by atoms with Crippen LogP contribution in [0.3, 0.4) is 0 Å². The molecular weight excluding hydrogens is 336 g/mol. The van der Waals surface area contributed by atoms with E-state index in [-0.39, 0.29) is 0 Å². The van der Waals surface area contributed by atoms with Gasteiger partial charge in [-0.2, -0.15) is 0 Å². The summed E-state index contributed by atoms with van der Waals surface area (Å²) in [4.78, 5) is 11.5. The van der Waals surface area contributed by atoms with Crippen LogP contribution in [-0.2, 0) is 0 Å². The van der Waals surface area contributed by atoms with Gasteiger partial charge in [-0.25, -0.2) is 0 Å². The molecule has 0 aliphatic carbocycles. The number of hydrogen-bond acceptors (Lipinski definition) is 4. The van der Waals surface area contributed by atoms with Gasteiger partial charge in [-0.3, -0.25) is 4.79 Å². The lowest BCUT2D eigenvalue weighted by Crippen LogP contribution is -2.01. The average molecular weight is 351 g/mol. The highest BCUT2D eigenvalue weighted by Gasteiger charge is 2.21. The van der Waals surface area contributed by atoms with E-state index in [2.05, 4.69) is 15.9 Å². The lowest BCUT2D eigenvalue weighted by atomic mass is 9.98. The maximum atomic E-state index is 11.5. The molecular formula is C16H15BrO4. The topological polar surface area (TPSA) is 44.8 Å². The molecule has 2 aromatic carbocycles. The highest BCUT2D eigenvalue weighted by Crippen LogP contribution is 2.44. The molecule has 2 rings (SSSR count). The van der Waals surface area contributed by atoms with Gasteiger partial charge in [0, 0.05) is 4.47 Å². The Kier molecular flexibility index (Phi) is 4.85. The Hall–Kier alpha value is -2.01. The molecule has 0 fully saturated rings. The van der Waals surface area contributed by atoms with Crippen LogP contribution in [-0.4, -0.2) is 27.6 Å². The lowest BCUT2D eigenvalue weighted by Gasteiger charge is -2.17. The van der Waals surface area contributed by atoms with Crippen molar-refractivity contribution in [2.75, 3.05) is 21.3 Å². The maximum Gasteiger partial charge on any atom is 0.204 e. The highest BCUT2D eigenvalue weighted by molar-refractivity contribution is 9.10. The van der Waals surface area contributed by atoms with Crippen LogP contribution < -0.4 is 14.2 Å². The number of ether oxygens (including phenoxy) is 3. The minimum absolute atomic E-state index is 0.366. The molecule has 0 heterocycles. The van der Waals surface area contributed by atoms with Crippen LogP contribution in [0.2, 0.25) is 0 Å². The van der Waals surface area contributed by atoms with E-state index in [1.807, 2.05) is 24.3 Å². The SMILES string of the molecule is COc1cc(-c2ccc(Br)cc2)c(C=O)c(OC)c1OC. The number of aldehydes is 1. The van der Waals surface area contributed by atoms with Crippen molar-refractivity contribution < 1.29 is 19.0 Å². The van der Waals surface area contributed by atoms with Crippen molar-refractivity contribution in [2.45, 2.75) is 0 Å². The molecule has 0 unspecified atom stereocenters. The molecule has 2 aromatic rings. The van der Waals surface area contributed by atoms with Gasteiger partial charge in [-0.15, -0.1) is 0 Å². The summed E-state index contributed by atoms with van der Waals surface area (Å²) in [7, 11) is 4.55. The van der Waals surface area contributed by atoms with Gasteiger partial charge < -0.3 is 14.2 Å². The van der Waals surface area contributed by atoms with Gasteiger partial charge in [0.2, 0.25) is 5.75 Å². The summed E-state index contributed by atoms with van der Waals surface area (Å²) in [6, 6.07) is 9.42. The molecule has 0 aromatic heterocycles. The van der Waals surface area contributed by atoms with Gasteiger partial charge in [0.05, 0.1) is 26.9 Å². The molecule has 0 bridgehead atoms. The number of carbonyl (C=O) groups excluding carboxylic acids is 1. The first-order valence-electron chi connectivity index (χ1n) is 6.20. The van der Waals surface area contributed by atoms with Crippen molar-refractivity contribution in [3.8, 4) is 28.4 Å². The van der Waals surface area contributed by atoms with Gasteiger partial charge in [0.25, 0.3) is 0 Å². The average Bonchev–Trinajstić information content (AvgIpc) is 2.53. The molecule has 4 nitrogen and oxygen atoms in total. The van der Waals surface area contributed by atoms with Crippen LogP contribution in [0.1, 0.15) is 10.4 Å². The van der Waals surface area contributed by atoms with Crippen LogP contribution in [0.15, 0.2) is 34.8 Å². The van der Waals surface area contributed by atoms with Crippen LogP contribution in [0, 0.1) is 0 Å². The van der Waals surface area contributed by atoms with Crippen molar-refractivity contribution in [3.05, 3.63) is 40.4 Å². The number of rotatable bonds is 5. The van der Waals surface area contributed by atoms with E-state index in [0.717, 1.165) is 21.9 Å². The van der Waals surface area contributed by atoms with Crippen LogP contribution >= 0.6 is 15.9 Å². The fourth-order valence-electron chi connectivity index (χ4n) is 2.16. The maximum absolute atomic E-state index is 11.5. The Morgan fingerprint density at radius 2 is 1.57 bits per heavy atom. The third kappa shape index (κ3) is 2.88. The van der Waals surface area contributed by atoms with Gasteiger partial charge in [-0.05, 0) is 29.3 Å². The van der Waals surface area contributed by atoms with Crippen molar-refractivity contribution in [1.29, 1.82) is 0 Å². The second-order valence-electron chi connectivity index (χ2n) is 4.23. The van der Waals surface area contributed by atoms with Crippen molar-refractivity contribution >= 4 is 22.2 Å². The Labute approximate surface area is 131 Å². The zero-order valence-corrected chi connectivity index (χ0v) is 13.6. The minimum atomic E-state index is 0.366. The minimum Gasteiger partial charge on any atom is -0.493 e. The van der Waals surface area contributed by atoms with Crippen molar-refractivity contribution in [2.24, 2.45) is 0 Å². The summed E-state index contributed by atoms with van der Waals surface area (Å²) in [5.74, 6) is 1.28. The summed E-state index contributed by atoms with van der Waals surface area (Å²) in [5.41, 5.74) is 2.05. The quantitative estimate of drug-likeness (QED) is 0.765. The molecule has 0 radical (unpaired) electrons. The molecule has 0 saturated heterocycles. The molecule has 0 spiro atoms. The molecule has 5 heteroatoms. The summed E-state index contributed by atoms with van der Waals surface area (Å²) in [6.45, 7) is 0. The predicted molar refractivity (Wildman–Crippen MR) is 84.6 cm³/mol. The highest BCUT2D eigenvalue weighted by atomic mass is 79.9. The first-order chi connectivity index (χ1) is 10.2. The van der Waals surface area contributed by atoms with Crippen LogP contribution in [0.5, 0.6) is 17.2 Å². The number of methoxy groups -OCH3 is 3. The fraction of sp³-hybridized carbons (Fsp3) is 0.188. The van der Waals surface area contributed by atoms with Crippen molar-refractivity contribution in [1.82, 2.24) is 0 Å². The zero-order valence-electron chi connectivity index (χ0n) is 12.0. The summed E-state index contributed by atoms with van der Waals surface area (Å²) >= 11 is 3.39. The summed E-state index contributed by atoms with van der Waals surface area (Å²) in [6.07, 6.45) is 0.762. The standard InChI is InChI=1S/C16H15BrO4/c1-19-14-8-12(10-4-6-11(17)7-5-10)13(9-18)15(20-2)16(14)21-3/h4-9H,1-3H3. The molecule has 0 N–H and O–H groups in total. The van der Waals surface area contributed by atoms with Gasteiger partial charge >= 0.3 is 0 Å². The van der Waals surface area contributed by atoms with Gasteiger partial charge in [0.15, 0.2) is 17.8 Å². The van der Waals surface area contributed by atoms with Gasteiger partial charge in [-0.1, -0.05) is 28.1 Å². The number of carbonyl (C=O) groups is 1. The Bertz CT molecular complexity index is 650. The third-order valence-corrected chi connectivity index (χ3v) is 3.67. The van der Waals surface area contributed by atoms with Crippen LogP contribution in [0.25, 0.3) is 11.1 Å². The summed E-state index contributed by atoms with van der Waals surface area (Å²) in [5, 5.41) is 0. The number of hydrogen-bond donors (Lipinski definition) is 0.